The number of hydrogen-bond acceptors (Lipinski definition) is 7. The zero-order chi connectivity index (χ0) is 33.0. The number of para-hydroxylation sites is 1. The number of carboxylic acid groups (broad SMARTS) is 1. The Morgan fingerprint density at radius 2 is 1.74 bits per heavy atom. The number of aromatic carboxylic acids is 1. The Kier molecular flexibility index (Phi) is 8.06. The number of phenols is 1. The summed E-state index contributed by atoms with van der Waals surface area (Å²) in [4.78, 5) is 28.6. The molecule has 47 heavy (non-hydrogen) atoms. The van der Waals surface area contributed by atoms with Gasteiger partial charge in [-0.2, -0.15) is 5.10 Å². The number of pyridine rings is 1. The number of aromatic hydroxyl groups is 1. The molecule has 0 spiro atoms. The van der Waals surface area contributed by atoms with Crippen LogP contribution >= 0.6 is 23.8 Å². The molecule has 7 rings (SSSR count). The monoisotopic (exact) mass is 678 g/mol. The van der Waals surface area contributed by atoms with Crippen LogP contribution in [0.1, 0.15) is 34.8 Å². The van der Waals surface area contributed by atoms with Crippen molar-refractivity contribution in [2.24, 2.45) is 0 Å². The van der Waals surface area contributed by atoms with E-state index < -0.39 is 22.8 Å². The smallest absolute Gasteiger partial charge is 0.341 e. The molecule has 1 saturated heterocycles. The Morgan fingerprint density at radius 1 is 1.04 bits per heavy atom. The van der Waals surface area contributed by atoms with Gasteiger partial charge < -0.3 is 19.7 Å². The highest BCUT2D eigenvalue weighted by molar-refractivity contribution is 7.71. The number of carbonyl (C=O) groups is 1. The fourth-order valence-electron chi connectivity index (χ4n) is 6.13. The Hall–Kier alpha value is -4.59. The topological polar surface area (TPSA) is 109 Å². The number of phenolic OH excluding ortho intramolecular Hbond substituents is 1. The Bertz CT molecular complexity index is 2150. The van der Waals surface area contributed by atoms with Gasteiger partial charge in [-0.1, -0.05) is 35.9 Å². The van der Waals surface area contributed by atoms with E-state index in [-0.39, 0.29) is 33.7 Å². The van der Waals surface area contributed by atoms with Crippen molar-refractivity contribution in [3.05, 3.63) is 104 Å². The Balaban J connectivity index is 1.16. The summed E-state index contributed by atoms with van der Waals surface area (Å²) < 4.78 is 34.8. The summed E-state index contributed by atoms with van der Waals surface area (Å²) in [6, 6.07) is 14.1. The lowest BCUT2D eigenvalue weighted by Crippen LogP contribution is -2.47. The Labute approximate surface area is 277 Å². The van der Waals surface area contributed by atoms with E-state index in [0.29, 0.717) is 61.1 Å². The minimum atomic E-state index is -1.36. The van der Waals surface area contributed by atoms with Gasteiger partial charge in [-0.05, 0) is 61.0 Å². The van der Waals surface area contributed by atoms with E-state index in [1.54, 1.807) is 50.2 Å². The number of halogens is 3. The molecule has 0 atom stereocenters. The van der Waals surface area contributed by atoms with Gasteiger partial charge in [-0.15, -0.1) is 0 Å². The molecule has 0 amide bonds. The number of rotatable bonds is 8. The molecule has 2 N–H and O–H groups in total. The summed E-state index contributed by atoms with van der Waals surface area (Å²) in [6.45, 7) is 2.50. The molecular formula is C33H29ClF2N6O4S. The maximum Gasteiger partial charge on any atom is 0.341 e. The number of fused-ring (bicyclic) bond motifs is 1. The molecule has 3 aromatic carbocycles. The van der Waals surface area contributed by atoms with Gasteiger partial charge in [0.05, 0.1) is 40.4 Å². The first-order valence-electron chi connectivity index (χ1n) is 15.1. The van der Waals surface area contributed by atoms with E-state index in [1.165, 1.54) is 18.3 Å². The second-order valence-electron chi connectivity index (χ2n) is 11.8. The van der Waals surface area contributed by atoms with Crippen LogP contribution in [0.25, 0.3) is 22.3 Å². The number of piperazine rings is 1. The molecule has 242 valence electrons. The molecule has 0 radical (unpaired) electrons. The Morgan fingerprint density at radius 3 is 2.40 bits per heavy atom. The highest BCUT2D eigenvalue weighted by atomic mass is 35.5. The maximum atomic E-state index is 15.7. The predicted molar refractivity (Wildman–Crippen MR) is 176 cm³/mol. The van der Waals surface area contributed by atoms with Crippen LogP contribution < -0.4 is 10.3 Å². The van der Waals surface area contributed by atoms with Crippen LogP contribution in [-0.4, -0.2) is 66.2 Å². The van der Waals surface area contributed by atoms with Crippen molar-refractivity contribution >= 4 is 46.4 Å². The molecule has 2 aliphatic rings. The summed E-state index contributed by atoms with van der Waals surface area (Å²) in [5, 5.41) is 25.0. The molecule has 0 unspecified atom stereocenters. The van der Waals surface area contributed by atoms with Gasteiger partial charge in [-0.3, -0.25) is 14.3 Å². The average Bonchev–Trinajstić information content (AvgIpc) is 3.85. The molecule has 3 heterocycles. The molecule has 10 nitrogen and oxygen atoms in total. The van der Waals surface area contributed by atoms with Gasteiger partial charge in [0.15, 0.2) is 10.6 Å². The van der Waals surface area contributed by atoms with E-state index in [1.807, 2.05) is 4.90 Å². The first kappa shape index (κ1) is 31.0. The number of nitrogens with zero attached hydrogens (tertiary/aromatic N) is 6. The molecule has 2 fully saturated rings. The molecular weight excluding hydrogens is 650 g/mol. The van der Waals surface area contributed by atoms with Gasteiger partial charge in [0, 0.05) is 38.4 Å². The normalized spacial score (nSPS) is 15.4. The molecule has 5 aromatic rings. The molecule has 1 saturated carbocycles. The van der Waals surface area contributed by atoms with Crippen molar-refractivity contribution in [1.29, 1.82) is 0 Å². The summed E-state index contributed by atoms with van der Waals surface area (Å²) in [5.74, 6) is -1.88. The predicted octanol–water partition coefficient (Wildman–Crippen LogP) is 5.89. The standard InChI is InChI=1S/C33H29ClF2N6O4S/c34-27-28-23(30(44)24(32(45)46)17-40(28)21-9-10-21)15-25(36)29(27)39-13-11-38(12-14-39)18-42-33(47)41(16-19-5-7-20(35)8-6-19)31(37-42)22-3-1-2-4-26(22)43/h1-8,15,17,21,43H,9-14,16,18H2,(H,45,46). The SMILES string of the molecule is O=C(O)c1cn(C2CC2)c2c(Cl)c(N3CCN(Cn4nc(-c5ccccc5O)n(Cc5ccc(F)cc5)c4=S)CC3)c(F)cc2c1=O. The van der Waals surface area contributed by atoms with E-state index in [4.69, 9.17) is 28.9 Å². The minimum absolute atomic E-state index is 0.000902. The summed E-state index contributed by atoms with van der Waals surface area (Å²) in [5.41, 5.74) is 0.667. The van der Waals surface area contributed by atoms with Gasteiger partial charge in [0.25, 0.3) is 0 Å². The average molecular weight is 679 g/mol. The maximum absolute atomic E-state index is 15.7. The minimum Gasteiger partial charge on any atom is -0.507 e. The highest BCUT2D eigenvalue weighted by Crippen LogP contribution is 2.42. The van der Waals surface area contributed by atoms with Gasteiger partial charge in [0.1, 0.15) is 22.9 Å². The van der Waals surface area contributed by atoms with Crippen molar-refractivity contribution in [3.63, 3.8) is 0 Å². The lowest BCUT2D eigenvalue weighted by molar-refractivity contribution is 0.0694. The molecule has 1 aliphatic heterocycles. The van der Waals surface area contributed by atoms with Crippen molar-refractivity contribution in [1.82, 2.24) is 23.8 Å². The first-order valence-corrected chi connectivity index (χ1v) is 15.9. The van der Waals surface area contributed by atoms with Gasteiger partial charge in [0.2, 0.25) is 5.43 Å². The van der Waals surface area contributed by atoms with Crippen LogP contribution in [-0.2, 0) is 13.2 Å². The van der Waals surface area contributed by atoms with E-state index in [9.17, 15) is 24.2 Å². The van der Waals surface area contributed by atoms with Gasteiger partial charge >= 0.3 is 5.97 Å². The van der Waals surface area contributed by atoms with Crippen LogP contribution in [0.4, 0.5) is 14.5 Å². The van der Waals surface area contributed by atoms with Crippen molar-refractivity contribution in [3.8, 4) is 17.1 Å². The molecule has 2 aromatic heterocycles. The summed E-state index contributed by atoms with van der Waals surface area (Å²) in [7, 11) is 0. The molecule has 0 bridgehead atoms. The lowest BCUT2D eigenvalue weighted by atomic mass is 10.1. The number of aromatic nitrogens is 4. The number of carboxylic acids is 1. The second kappa shape index (κ2) is 12.2. The van der Waals surface area contributed by atoms with Crippen molar-refractivity contribution in [2.75, 3.05) is 31.1 Å². The summed E-state index contributed by atoms with van der Waals surface area (Å²) in [6.07, 6.45) is 2.94. The van der Waals surface area contributed by atoms with Crippen LogP contribution in [0, 0.1) is 16.4 Å². The third kappa shape index (κ3) is 5.79. The van der Waals surface area contributed by atoms with Crippen LogP contribution in [0.5, 0.6) is 5.75 Å². The number of benzene rings is 3. The quantitative estimate of drug-likeness (QED) is 0.196. The number of anilines is 1. The van der Waals surface area contributed by atoms with Gasteiger partial charge in [-0.25, -0.2) is 18.3 Å². The van der Waals surface area contributed by atoms with Crippen molar-refractivity contribution < 1.29 is 23.8 Å². The van der Waals surface area contributed by atoms with Crippen LogP contribution in [0.2, 0.25) is 5.02 Å². The first-order chi connectivity index (χ1) is 22.6. The van der Waals surface area contributed by atoms with E-state index >= 15 is 4.39 Å². The third-order valence-corrected chi connectivity index (χ3v) is 9.49. The van der Waals surface area contributed by atoms with Crippen molar-refractivity contribution in [2.45, 2.75) is 32.1 Å². The van der Waals surface area contributed by atoms with Crippen LogP contribution in [0.15, 0.2) is 65.6 Å². The highest BCUT2D eigenvalue weighted by Gasteiger charge is 2.31. The largest absolute Gasteiger partial charge is 0.507 e. The molecule has 14 heteroatoms. The fourth-order valence-corrected chi connectivity index (χ4v) is 6.79. The zero-order valence-electron chi connectivity index (χ0n) is 24.9. The van der Waals surface area contributed by atoms with E-state index in [2.05, 4.69) is 4.90 Å². The van der Waals surface area contributed by atoms with E-state index in [0.717, 1.165) is 24.5 Å². The fraction of sp³-hybridized carbons (Fsp3) is 0.273. The third-order valence-electron chi connectivity index (χ3n) is 8.70. The lowest BCUT2D eigenvalue weighted by Gasteiger charge is -2.36. The van der Waals surface area contributed by atoms with Crippen LogP contribution in [0.3, 0.4) is 0 Å². The zero-order valence-corrected chi connectivity index (χ0v) is 26.5. The summed E-state index contributed by atoms with van der Waals surface area (Å²) >= 11 is 12.7. The second-order valence-corrected chi connectivity index (χ2v) is 12.6. The number of hydrogen-bond donors (Lipinski definition) is 2. The molecule has 1 aliphatic carbocycles.